The third-order valence-electron chi connectivity index (χ3n) is 4.08. The van der Waals surface area contributed by atoms with Crippen molar-refractivity contribution in [1.82, 2.24) is 19.7 Å². The molecule has 0 bridgehead atoms. The number of aromatic nitrogens is 4. The Balaban J connectivity index is 1.87. The van der Waals surface area contributed by atoms with Crippen molar-refractivity contribution < 1.29 is 0 Å². The molecule has 2 aromatic heterocycles. The Morgan fingerprint density at radius 2 is 2.00 bits per heavy atom. The molecule has 0 fully saturated rings. The highest BCUT2D eigenvalue weighted by Gasteiger charge is 2.15. The van der Waals surface area contributed by atoms with E-state index < -0.39 is 0 Å². The van der Waals surface area contributed by atoms with Crippen LogP contribution in [0, 0.1) is 6.92 Å². The van der Waals surface area contributed by atoms with Crippen LogP contribution in [0.4, 0.5) is 0 Å². The largest absolute Gasteiger partial charge is 0.297 e. The number of allylic oxidation sites excluding steroid dienone is 3. The molecule has 6 heteroatoms. The molecule has 28 heavy (non-hydrogen) atoms. The van der Waals surface area contributed by atoms with Crippen molar-refractivity contribution in [3.05, 3.63) is 83.7 Å². The van der Waals surface area contributed by atoms with Crippen molar-refractivity contribution in [3.8, 4) is 11.5 Å². The molecular formula is C22H23N5S. The summed E-state index contributed by atoms with van der Waals surface area (Å²) < 4.78 is 2.11. The zero-order valence-corrected chi connectivity index (χ0v) is 16.9. The van der Waals surface area contributed by atoms with E-state index >= 15 is 0 Å². The van der Waals surface area contributed by atoms with Crippen LogP contribution in [0.25, 0.3) is 11.5 Å². The summed E-state index contributed by atoms with van der Waals surface area (Å²) in [5.74, 6) is 1.61. The quantitative estimate of drug-likeness (QED) is 0.305. The third kappa shape index (κ3) is 5.27. The van der Waals surface area contributed by atoms with Gasteiger partial charge in [-0.15, -0.1) is 10.2 Å². The van der Waals surface area contributed by atoms with E-state index in [4.69, 9.17) is 0 Å². The summed E-state index contributed by atoms with van der Waals surface area (Å²) in [6.45, 7) is 8.30. The molecule has 3 rings (SSSR count). The molecule has 0 saturated heterocycles. The van der Waals surface area contributed by atoms with Crippen LogP contribution in [-0.2, 0) is 12.3 Å². The zero-order chi connectivity index (χ0) is 19.8. The molecule has 3 aromatic rings. The van der Waals surface area contributed by atoms with Crippen LogP contribution in [0.15, 0.2) is 82.7 Å². The molecule has 0 unspecified atom stereocenters. The summed E-state index contributed by atoms with van der Waals surface area (Å²) in [5, 5.41) is 9.73. The summed E-state index contributed by atoms with van der Waals surface area (Å²) in [7, 11) is 0. The molecule has 0 spiro atoms. The number of nitrogens with zero attached hydrogens (tertiary/aromatic N) is 5. The van der Waals surface area contributed by atoms with Crippen molar-refractivity contribution in [2.75, 3.05) is 0 Å². The standard InChI is InChI=1S/C22H23N5S/c1-17-9-11-19(12-10-17)16-28-22-26-25-21(20-8-4-5-14-24-20)27(22)15-18(2)7-6-13-23-3/h4-14H,3,15-16H2,1-2H3. The molecule has 0 radical (unpaired) electrons. The van der Waals surface area contributed by atoms with Gasteiger partial charge in [0.05, 0.1) is 0 Å². The van der Waals surface area contributed by atoms with E-state index in [9.17, 15) is 0 Å². The molecule has 142 valence electrons. The number of pyridine rings is 1. The first kappa shape index (κ1) is 19.8. The van der Waals surface area contributed by atoms with Gasteiger partial charge < -0.3 is 0 Å². The van der Waals surface area contributed by atoms with Crippen molar-refractivity contribution in [1.29, 1.82) is 0 Å². The van der Waals surface area contributed by atoms with Crippen molar-refractivity contribution in [2.24, 2.45) is 4.99 Å². The number of benzene rings is 1. The van der Waals surface area contributed by atoms with Crippen LogP contribution in [-0.4, -0.2) is 26.5 Å². The lowest BCUT2D eigenvalue weighted by molar-refractivity contribution is 0.703. The van der Waals surface area contributed by atoms with Gasteiger partial charge in [0.1, 0.15) is 5.69 Å². The first-order valence-corrected chi connectivity index (χ1v) is 9.97. The Labute approximate surface area is 170 Å². The maximum absolute atomic E-state index is 4.44. The molecule has 0 aliphatic carbocycles. The summed E-state index contributed by atoms with van der Waals surface area (Å²) in [5.41, 5.74) is 4.50. The second-order valence-electron chi connectivity index (χ2n) is 6.42. The average molecular weight is 390 g/mol. The normalized spacial score (nSPS) is 11.9. The van der Waals surface area contributed by atoms with E-state index in [-0.39, 0.29) is 0 Å². The fourth-order valence-corrected chi connectivity index (χ4v) is 3.52. The lowest BCUT2D eigenvalue weighted by atomic mass is 10.2. The van der Waals surface area contributed by atoms with Crippen LogP contribution in [0.3, 0.4) is 0 Å². The second-order valence-corrected chi connectivity index (χ2v) is 7.36. The molecule has 1 aromatic carbocycles. The number of hydrogen-bond donors (Lipinski definition) is 0. The maximum atomic E-state index is 4.44. The molecule has 0 aliphatic rings. The van der Waals surface area contributed by atoms with Crippen LogP contribution in [0.2, 0.25) is 0 Å². The van der Waals surface area contributed by atoms with Gasteiger partial charge in [-0.05, 0) is 44.3 Å². The van der Waals surface area contributed by atoms with Crippen molar-refractivity contribution in [2.45, 2.75) is 31.3 Å². The molecule has 0 saturated carbocycles. The minimum absolute atomic E-state index is 0.677. The summed E-state index contributed by atoms with van der Waals surface area (Å²) >= 11 is 1.68. The fraction of sp³-hybridized carbons (Fsp3) is 0.182. The van der Waals surface area contributed by atoms with Crippen molar-refractivity contribution >= 4 is 18.5 Å². The maximum Gasteiger partial charge on any atom is 0.192 e. The van der Waals surface area contributed by atoms with Crippen LogP contribution < -0.4 is 0 Å². The Morgan fingerprint density at radius 1 is 1.18 bits per heavy atom. The van der Waals surface area contributed by atoms with Gasteiger partial charge in [0.25, 0.3) is 0 Å². The minimum Gasteiger partial charge on any atom is -0.297 e. The number of aryl methyl sites for hydroxylation is 1. The van der Waals surface area contributed by atoms with Gasteiger partial charge in [-0.2, -0.15) is 0 Å². The molecule has 0 amide bonds. The van der Waals surface area contributed by atoms with Gasteiger partial charge >= 0.3 is 0 Å². The number of rotatable bonds is 8. The van der Waals surface area contributed by atoms with Gasteiger partial charge in [0, 0.05) is 24.7 Å². The highest BCUT2D eigenvalue weighted by atomic mass is 32.2. The minimum atomic E-state index is 0.677. The van der Waals surface area contributed by atoms with Gasteiger partial charge in [-0.3, -0.25) is 14.5 Å². The van der Waals surface area contributed by atoms with E-state index in [1.807, 2.05) is 30.4 Å². The van der Waals surface area contributed by atoms with Gasteiger partial charge in [0.2, 0.25) is 0 Å². The van der Waals surface area contributed by atoms with Crippen LogP contribution in [0.5, 0.6) is 0 Å². The molecular weight excluding hydrogens is 366 g/mol. The van der Waals surface area contributed by atoms with E-state index in [2.05, 4.69) is 69.6 Å². The van der Waals surface area contributed by atoms with E-state index in [0.717, 1.165) is 28.0 Å². The third-order valence-corrected chi connectivity index (χ3v) is 5.12. The average Bonchev–Trinajstić information content (AvgIpc) is 3.11. The first-order chi connectivity index (χ1) is 13.7. The Morgan fingerprint density at radius 3 is 2.71 bits per heavy atom. The van der Waals surface area contributed by atoms with Crippen LogP contribution in [0.1, 0.15) is 18.1 Å². The Bertz CT molecular complexity index is 972. The topological polar surface area (TPSA) is 56.0 Å². The zero-order valence-electron chi connectivity index (χ0n) is 16.1. The predicted molar refractivity (Wildman–Crippen MR) is 116 cm³/mol. The summed E-state index contributed by atoms with van der Waals surface area (Å²) in [6, 6.07) is 14.4. The Hall–Kier alpha value is -2.99. The smallest absolute Gasteiger partial charge is 0.192 e. The monoisotopic (exact) mass is 389 g/mol. The molecule has 0 atom stereocenters. The SMILES string of the molecule is C=NC=CC=C(C)Cn1c(SCc2ccc(C)cc2)nnc1-c1ccccn1. The predicted octanol–water partition coefficient (Wildman–Crippen LogP) is 5.10. The number of thioether (sulfide) groups is 1. The van der Waals surface area contributed by atoms with E-state index in [1.165, 1.54) is 11.1 Å². The Kier molecular flexibility index (Phi) is 6.92. The highest BCUT2D eigenvalue weighted by molar-refractivity contribution is 7.98. The van der Waals surface area contributed by atoms with Gasteiger partial charge in [0.15, 0.2) is 11.0 Å². The van der Waals surface area contributed by atoms with Crippen molar-refractivity contribution in [3.63, 3.8) is 0 Å². The van der Waals surface area contributed by atoms with E-state index in [0.29, 0.717) is 6.54 Å². The molecule has 0 N–H and O–H groups in total. The van der Waals surface area contributed by atoms with Gasteiger partial charge in [-0.1, -0.05) is 59.3 Å². The summed E-state index contributed by atoms with van der Waals surface area (Å²) in [4.78, 5) is 8.18. The lowest BCUT2D eigenvalue weighted by Crippen LogP contribution is -2.04. The lowest BCUT2D eigenvalue weighted by Gasteiger charge is -2.10. The van der Waals surface area contributed by atoms with E-state index in [1.54, 1.807) is 24.2 Å². The number of aliphatic imine (C=N–C) groups is 1. The van der Waals surface area contributed by atoms with Crippen LogP contribution >= 0.6 is 11.8 Å². The first-order valence-electron chi connectivity index (χ1n) is 8.98. The van der Waals surface area contributed by atoms with Gasteiger partial charge in [-0.25, -0.2) is 0 Å². The second kappa shape index (κ2) is 9.80. The number of hydrogen-bond acceptors (Lipinski definition) is 5. The highest BCUT2D eigenvalue weighted by Crippen LogP contribution is 2.26. The molecule has 2 heterocycles. The summed E-state index contributed by atoms with van der Waals surface area (Å²) in [6.07, 6.45) is 7.34. The fourth-order valence-electron chi connectivity index (χ4n) is 2.62. The molecule has 5 nitrogen and oxygen atoms in total. The molecule has 0 aliphatic heterocycles.